The van der Waals surface area contributed by atoms with Crippen molar-refractivity contribution in [3.05, 3.63) is 76.0 Å². The fourth-order valence-corrected chi connectivity index (χ4v) is 2.82. The monoisotopic (exact) mass is 392 g/mol. The molecule has 3 rings (SSSR count). The number of nitrogens with one attached hydrogen (secondary N) is 1. The first-order valence-electron chi connectivity index (χ1n) is 7.92. The predicted octanol–water partition coefficient (Wildman–Crippen LogP) is 5.04. The van der Waals surface area contributed by atoms with E-state index in [4.69, 9.17) is 27.6 Å². The van der Waals surface area contributed by atoms with Crippen molar-refractivity contribution in [3.8, 4) is 11.3 Å². The van der Waals surface area contributed by atoms with Crippen molar-refractivity contribution < 1.29 is 13.6 Å². The summed E-state index contributed by atoms with van der Waals surface area (Å²) >= 11 is 11.9. The number of aryl methyl sites for hydroxylation is 1. The molecule has 0 aliphatic carbocycles. The number of benzene rings is 2. The van der Waals surface area contributed by atoms with E-state index < -0.39 is 0 Å². The molecule has 0 unspecified atom stereocenters. The molecule has 1 aromatic heterocycles. The maximum Gasteiger partial charge on any atom is 0.220 e. The second kappa shape index (κ2) is 8.34. The quantitative estimate of drug-likeness (QED) is 0.639. The van der Waals surface area contributed by atoms with E-state index in [1.165, 1.54) is 12.1 Å². The minimum Gasteiger partial charge on any atom is -0.441 e. The molecule has 0 aliphatic heterocycles. The number of halogens is 3. The Morgan fingerprint density at radius 3 is 2.65 bits per heavy atom. The van der Waals surface area contributed by atoms with Gasteiger partial charge in [0.1, 0.15) is 5.82 Å². The number of carbonyl (C=O) groups is 1. The fraction of sp³-hybridized carbons (Fsp3) is 0.158. The molecule has 1 heterocycles. The SMILES string of the molecule is O=C(CCc1ncc(-c2ccc(F)cc2)o1)NCc1ccc(Cl)cc1Cl. The number of aromatic nitrogens is 1. The lowest BCUT2D eigenvalue weighted by Gasteiger charge is -2.06. The van der Waals surface area contributed by atoms with E-state index in [1.807, 2.05) is 0 Å². The summed E-state index contributed by atoms with van der Waals surface area (Å²) in [6.07, 6.45) is 2.16. The summed E-state index contributed by atoms with van der Waals surface area (Å²) in [6, 6.07) is 11.1. The van der Waals surface area contributed by atoms with Gasteiger partial charge in [-0.2, -0.15) is 0 Å². The highest BCUT2D eigenvalue weighted by atomic mass is 35.5. The number of nitrogens with zero attached hydrogens (tertiary/aromatic N) is 1. The number of rotatable bonds is 6. The summed E-state index contributed by atoms with van der Waals surface area (Å²) < 4.78 is 18.6. The van der Waals surface area contributed by atoms with Crippen molar-refractivity contribution in [2.75, 3.05) is 0 Å². The first kappa shape index (κ1) is 18.4. The van der Waals surface area contributed by atoms with Crippen molar-refractivity contribution in [1.82, 2.24) is 10.3 Å². The van der Waals surface area contributed by atoms with Crippen LogP contribution in [0.1, 0.15) is 17.9 Å². The Balaban J connectivity index is 1.51. The van der Waals surface area contributed by atoms with E-state index in [0.717, 1.165) is 11.1 Å². The van der Waals surface area contributed by atoms with Crippen LogP contribution in [0.15, 0.2) is 53.1 Å². The predicted molar refractivity (Wildman–Crippen MR) is 98.5 cm³/mol. The van der Waals surface area contributed by atoms with E-state index >= 15 is 0 Å². The maximum absolute atomic E-state index is 13.0. The Morgan fingerprint density at radius 2 is 1.92 bits per heavy atom. The Bertz CT molecular complexity index is 910. The average molecular weight is 393 g/mol. The minimum atomic E-state index is -0.314. The highest BCUT2D eigenvalue weighted by Gasteiger charge is 2.10. The molecular formula is C19H15Cl2FN2O2. The van der Waals surface area contributed by atoms with Crippen LogP contribution >= 0.6 is 23.2 Å². The summed E-state index contributed by atoms with van der Waals surface area (Å²) in [4.78, 5) is 16.1. The second-order valence-corrected chi connectivity index (χ2v) is 6.48. The molecule has 0 atom stereocenters. The van der Waals surface area contributed by atoms with Gasteiger partial charge in [-0.25, -0.2) is 9.37 Å². The van der Waals surface area contributed by atoms with Crippen LogP contribution in [-0.2, 0) is 17.8 Å². The largest absolute Gasteiger partial charge is 0.441 e. The third-order valence-electron chi connectivity index (χ3n) is 3.74. The van der Waals surface area contributed by atoms with Crippen LogP contribution in [0, 0.1) is 5.82 Å². The Hall–Kier alpha value is -2.37. The highest BCUT2D eigenvalue weighted by molar-refractivity contribution is 6.35. The van der Waals surface area contributed by atoms with Gasteiger partial charge in [-0.1, -0.05) is 29.3 Å². The third-order valence-corrected chi connectivity index (χ3v) is 4.33. The molecule has 2 aromatic carbocycles. The molecular weight excluding hydrogens is 378 g/mol. The summed E-state index contributed by atoms with van der Waals surface area (Å²) in [5, 5.41) is 3.85. The molecule has 3 aromatic rings. The zero-order valence-electron chi connectivity index (χ0n) is 13.6. The second-order valence-electron chi connectivity index (χ2n) is 5.64. The number of oxazole rings is 1. The van der Waals surface area contributed by atoms with Gasteiger partial charge in [0.15, 0.2) is 11.7 Å². The van der Waals surface area contributed by atoms with Gasteiger partial charge in [-0.05, 0) is 42.0 Å². The average Bonchev–Trinajstić information content (AvgIpc) is 3.09. The normalized spacial score (nSPS) is 10.7. The van der Waals surface area contributed by atoms with Crippen molar-refractivity contribution in [2.45, 2.75) is 19.4 Å². The minimum absolute atomic E-state index is 0.141. The molecule has 0 radical (unpaired) electrons. The van der Waals surface area contributed by atoms with Crippen LogP contribution in [0.5, 0.6) is 0 Å². The highest BCUT2D eigenvalue weighted by Crippen LogP contribution is 2.22. The number of hydrogen-bond donors (Lipinski definition) is 1. The first-order valence-corrected chi connectivity index (χ1v) is 8.68. The fourth-order valence-electron chi connectivity index (χ4n) is 2.34. The van der Waals surface area contributed by atoms with Crippen LogP contribution in [0.4, 0.5) is 4.39 Å². The molecule has 0 spiro atoms. The van der Waals surface area contributed by atoms with Gasteiger partial charge in [0.25, 0.3) is 0 Å². The van der Waals surface area contributed by atoms with Gasteiger partial charge >= 0.3 is 0 Å². The van der Waals surface area contributed by atoms with E-state index in [0.29, 0.717) is 34.7 Å². The smallest absolute Gasteiger partial charge is 0.220 e. The Labute approximate surface area is 160 Å². The molecule has 4 nitrogen and oxygen atoms in total. The molecule has 0 fully saturated rings. The summed E-state index contributed by atoms with van der Waals surface area (Å²) in [6.45, 7) is 0.321. The van der Waals surface area contributed by atoms with E-state index in [-0.39, 0.29) is 18.1 Å². The van der Waals surface area contributed by atoms with Gasteiger partial charge in [0.05, 0.1) is 6.20 Å². The van der Waals surface area contributed by atoms with E-state index in [2.05, 4.69) is 10.3 Å². The van der Waals surface area contributed by atoms with E-state index in [9.17, 15) is 9.18 Å². The lowest BCUT2D eigenvalue weighted by atomic mass is 10.2. The Kier molecular flexibility index (Phi) is 5.91. The molecule has 0 aliphatic rings. The molecule has 0 saturated carbocycles. The standard InChI is InChI=1S/C19H15Cl2FN2O2/c20-14-4-1-13(16(21)9-14)10-23-18(25)7-8-19-24-11-17(26-19)12-2-5-15(22)6-3-12/h1-6,9,11H,7-8,10H2,(H,23,25). The number of amides is 1. The van der Waals surface area contributed by atoms with Crippen LogP contribution in [0.2, 0.25) is 10.0 Å². The third kappa shape index (κ3) is 4.84. The molecule has 134 valence electrons. The first-order chi connectivity index (χ1) is 12.5. The van der Waals surface area contributed by atoms with Crippen molar-refractivity contribution >= 4 is 29.1 Å². The van der Waals surface area contributed by atoms with Crippen molar-refractivity contribution in [2.24, 2.45) is 0 Å². The topological polar surface area (TPSA) is 55.1 Å². The van der Waals surface area contributed by atoms with Crippen LogP contribution < -0.4 is 5.32 Å². The molecule has 7 heteroatoms. The number of hydrogen-bond acceptors (Lipinski definition) is 3. The maximum atomic E-state index is 13.0. The Morgan fingerprint density at radius 1 is 1.15 bits per heavy atom. The molecule has 0 saturated heterocycles. The number of carbonyl (C=O) groups excluding carboxylic acids is 1. The van der Waals surface area contributed by atoms with Crippen molar-refractivity contribution in [1.29, 1.82) is 0 Å². The molecule has 1 amide bonds. The molecule has 1 N–H and O–H groups in total. The lowest BCUT2D eigenvalue weighted by Crippen LogP contribution is -2.23. The molecule has 26 heavy (non-hydrogen) atoms. The van der Waals surface area contributed by atoms with Gasteiger partial charge in [0, 0.05) is 35.0 Å². The summed E-state index contributed by atoms with van der Waals surface area (Å²) in [7, 11) is 0. The van der Waals surface area contributed by atoms with Gasteiger partial charge < -0.3 is 9.73 Å². The summed E-state index contributed by atoms with van der Waals surface area (Å²) in [5.41, 5.74) is 1.52. The zero-order valence-corrected chi connectivity index (χ0v) is 15.1. The summed E-state index contributed by atoms with van der Waals surface area (Å²) in [5.74, 6) is 0.529. The molecule has 0 bridgehead atoms. The van der Waals surface area contributed by atoms with Gasteiger partial charge in [-0.3, -0.25) is 4.79 Å². The lowest BCUT2D eigenvalue weighted by molar-refractivity contribution is -0.121. The van der Waals surface area contributed by atoms with Gasteiger partial charge in [-0.15, -0.1) is 0 Å². The van der Waals surface area contributed by atoms with Crippen LogP contribution in [0.3, 0.4) is 0 Å². The van der Waals surface area contributed by atoms with Crippen LogP contribution in [0.25, 0.3) is 11.3 Å². The van der Waals surface area contributed by atoms with E-state index in [1.54, 1.807) is 36.5 Å². The van der Waals surface area contributed by atoms with Crippen molar-refractivity contribution in [3.63, 3.8) is 0 Å². The van der Waals surface area contributed by atoms with Gasteiger partial charge in [0.2, 0.25) is 5.91 Å². The van der Waals surface area contributed by atoms with Crippen LogP contribution in [-0.4, -0.2) is 10.9 Å². The zero-order chi connectivity index (χ0) is 18.5.